The second-order valence-corrected chi connectivity index (χ2v) is 8.74. The molecule has 3 N–H and O–H groups in total. The number of fused-ring (bicyclic) bond motifs is 3. The maximum atomic E-state index is 13.0. The molecule has 35 heavy (non-hydrogen) atoms. The lowest BCUT2D eigenvalue weighted by Gasteiger charge is -2.28. The average Bonchev–Trinajstić information content (AvgIpc) is 3.10. The SMILES string of the molecule is CC(CCCC(=O)NC(C)(C(=O)O)C(F)(F)F)NC(=O)OCC1c2ccccc2-c2ccccc21. The smallest absolute Gasteiger partial charge is 0.422 e. The number of amides is 2. The van der Waals surface area contributed by atoms with E-state index in [0.29, 0.717) is 6.92 Å². The van der Waals surface area contributed by atoms with Crippen molar-refractivity contribution in [3.8, 4) is 11.1 Å². The van der Waals surface area contributed by atoms with E-state index in [9.17, 15) is 27.6 Å². The lowest BCUT2D eigenvalue weighted by atomic mass is 9.98. The number of alkyl halides is 3. The van der Waals surface area contributed by atoms with Gasteiger partial charge in [0.2, 0.25) is 11.4 Å². The number of carboxylic acids is 1. The molecule has 0 aromatic heterocycles. The fourth-order valence-corrected chi connectivity index (χ4v) is 4.07. The van der Waals surface area contributed by atoms with E-state index in [-0.39, 0.29) is 31.8 Å². The summed E-state index contributed by atoms with van der Waals surface area (Å²) in [5, 5.41) is 13.1. The number of hydrogen-bond acceptors (Lipinski definition) is 4. The van der Waals surface area contributed by atoms with Crippen molar-refractivity contribution in [2.24, 2.45) is 0 Å². The Morgan fingerprint density at radius 1 is 1.03 bits per heavy atom. The molecule has 1 aliphatic carbocycles. The normalized spacial score (nSPS) is 15.3. The highest BCUT2D eigenvalue weighted by Gasteiger charge is 2.58. The van der Waals surface area contributed by atoms with Crippen LogP contribution in [-0.2, 0) is 14.3 Å². The van der Waals surface area contributed by atoms with Crippen molar-refractivity contribution in [2.45, 2.75) is 56.8 Å². The van der Waals surface area contributed by atoms with Gasteiger partial charge in [0.15, 0.2) is 0 Å². The Hall–Kier alpha value is -3.56. The van der Waals surface area contributed by atoms with Crippen molar-refractivity contribution in [3.63, 3.8) is 0 Å². The first kappa shape index (κ1) is 26.1. The quantitative estimate of drug-likeness (QED) is 0.474. The first-order chi connectivity index (χ1) is 16.4. The third kappa shape index (κ3) is 5.75. The summed E-state index contributed by atoms with van der Waals surface area (Å²) in [5.74, 6) is -3.33. The van der Waals surface area contributed by atoms with Crippen molar-refractivity contribution in [2.75, 3.05) is 6.61 Å². The monoisotopic (exact) mass is 492 g/mol. The maximum Gasteiger partial charge on any atom is 0.422 e. The highest BCUT2D eigenvalue weighted by molar-refractivity contribution is 5.87. The molecule has 0 bridgehead atoms. The number of rotatable bonds is 9. The van der Waals surface area contributed by atoms with Gasteiger partial charge in [-0.2, -0.15) is 13.2 Å². The van der Waals surface area contributed by atoms with E-state index in [1.807, 2.05) is 48.5 Å². The first-order valence-electron chi connectivity index (χ1n) is 11.2. The van der Waals surface area contributed by atoms with E-state index < -0.39 is 35.7 Å². The number of nitrogens with one attached hydrogen (secondary N) is 2. The summed E-state index contributed by atoms with van der Waals surface area (Å²) < 4.78 is 44.5. The van der Waals surface area contributed by atoms with Crippen LogP contribution < -0.4 is 10.6 Å². The molecule has 2 aromatic rings. The zero-order chi connectivity index (χ0) is 25.8. The van der Waals surface area contributed by atoms with Gasteiger partial charge in [-0.1, -0.05) is 48.5 Å². The van der Waals surface area contributed by atoms with E-state index >= 15 is 0 Å². The van der Waals surface area contributed by atoms with Crippen LogP contribution in [0.2, 0.25) is 0 Å². The molecule has 0 saturated heterocycles. The number of alkyl carbamates (subject to hydrolysis) is 1. The van der Waals surface area contributed by atoms with Gasteiger partial charge in [0.1, 0.15) is 6.61 Å². The minimum Gasteiger partial charge on any atom is -0.479 e. The second kappa shape index (κ2) is 10.4. The minimum atomic E-state index is -5.15. The number of ether oxygens (including phenoxy) is 1. The zero-order valence-corrected chi connectivity index (χ0v) is 19.3. The summed E-state index contributed by atoms with van der Waals surface area (Å²) in [6, 6.07) is 15.4. The van der Waals surface area contributed by atoms with Crippen LogP contribution in [0.3, 0.4) is 0 Å². The van der Waals surface area contributed by atoms with E-state index in [0.717, 1.165) is 22.3 Å². The van der Waals surface area contributed by atoms with Gasteiger partial charge < -0.3 is 20.5 Å². The summed E-state index contributed by atoms with van der Waals surface area (Å²) in [4.78, 5) is 35.2. The van der Waals surface area contributed by atoms with Crippen LogP contribution in [0.4, 0.5) is 18.0 Å². The molecule has 2 aromatic carbocycles. The predicted molar refractivity (Wildman–Crippen MR) is 122 cm³/mol. The Balaban J connectivity index is 1.45. The highest BCUT2D eigenvalue weighted by atomic mass is 19.4. The summed E-state index contributed by atoms with van der Waals surface area (Å²) >= 11 is 0. The summed E-state index contributed by atoms with van der Waals surface area (Å²) in [5.41, 5.74) is 0.997. The van der Waals surface area contributed by atoms with Gasteiger partial charge in [-0.25, -0.2) is 9.59 Å². The summed E-state index contributed by atoms with van der Waals surface area (Å²) in [6.07, 6.45) is -5.68. The van der Waals surface area contributed by atoms with E-state index in [2.05, 4.69) is 5.32 Å². The van der Waals surface area contributed by atoms with Gasteiger partial charge in [0, 0.05) is 18.4 Å². The molecule has 2 amide bonds. The molecular weight excluding hydrogens is 465 g/mol. The van der Waals surface area contributed by atoms with Crippen molar-refractivity contribution < 1.29 is 37.4 Å². The largest absolute Gasteiger partial charge is 0.479 e. The number of aliphatic carboxylic acids is 1. The van der Waals surface area contributed by atoms with E-state index in [1.165, 1.54) is 5.32 Å². The lowest BCUT2D eigenvalue weighted by Crippen LogP contribution is -2.61. The predicted octanol–water partition coefficient (Wildman–Crippen LogP) is 4.61. The van der Waals surface area contributed by atoms with Crippen molar-refractivity contribution in [1.29, 1.82) is 0 Å². The molecule has 188 valence electrons. The molecular formula is C25H27F3N2O5. The second-order valence-electron chi connectivity index (χ2n) is 8.74. The Morgan fingerprint density at radius 3 is 2.09 bits per heavy atom. The van der Waals surface area contributed by atoms with Crippen LogP contribution in [0.25, 0.3) is 11.1 Å². The molecule has 0 radical (unpaired) electrons. The minimum absolute atomic E-state index is 0.0932. The number of carboxylic acid groups (broad SMARTS) is 1. The van der Waals surface area contributed by atoms with Crippen molar-refractivity contribution >= 4 is 18.0 Å². The first-order valence-corrected chi connectivity index (χ1v) is 11.2. The van der Waals surface area contributed by atoms with E-state index in [4.69, 9.17) is 9.84 Å². The number of carbonyl (C=O) groups excluding carboxylic acids is 2. The lowest BCUT2D eigenvalue weighted by molar-refractivity contribution is -0.207. The van der Waals surface area contributed by atoms with Crippen LogP contribution >= 0.6 is 0 Å². The molecule has 0 fully saturated rings. The van der Waals surface area contributed by atoms with Gasteiger partial charge in [0.25, 0.3) is 0 Å². The van der Waals surface area contributed by atoms with Gasteiger partial charge in [0.05, 0.1) is 0 Å². The highest BCUT2D eigenvalue weighted by Crippen LogP contribution is 2.44. The third-order valence-electron chi connectivity index (χ3n) is 6.13. The van der Waals surface area contributed by atoms with Crippen LogP contribution in [0.1, 0.15) is 50.2 Å². The van der Waals surface area contributed by atoms with Gasteiger partial charge in [-0.3, -0.25) is 4.79 Å². The van der Waals surface area contributed by atoms with Gasteiger partial charge in [-0.05, 0) is 48.9 Å². The molecule has 0 heterocycles. The van der Waals surface area contributed by atoms with Crippen LogP contribution in [0.5, 0.6) is 0 Å². The molecule has 7 nitrogen and oxygen atoms in total. The molecule has 3 rings (SSSR count). The van der Waals surface area contributed by atoms with Crippen molar-refractivity contribution in [1.82, 2.24) is 10.6 Å². The van der Waals surface area contributed by atoms with Crippen LogP contribution in [-0.4, -0.2) is 47.4 Å². The Labute approximate surface area is 200 Å². The van der Waals surface area contributed by atoms with Crippen LogP contribution in [0, 0.1) is 0 Å². The molecule has 0 spiro atoms. The van der Waals surface area contributed by atoms with Gasteiger partial charge >= 0.3 is 18.2 Å². The summed E-state index contributed by atoms with van der Waals surface area (Å²) in [6.45, 7) is 2.21. The van der Waals surface area contributed by atoms with Crippen molar-refractivity contribution in [3.05, 3.63) is 59.7 Å². The zero-order valence-electron chi connectivity index (χ0n) is 19.3. The molecule has 0 saturated carbocycles. The van der Waals surface area contributed by atoms with E-state index in [1.54, 1.807) is 6.92 Å². The molecule has 2 atom stereocenters. The number of benzene rings is 2. The van der Waals surface area contributed by atoms with Crippen LogP contribution in [0.15, 0.2) is 48.5 Å². The fourth-order valence-electron chi connectivity index (χ4n) is 4.07. The number of carbonyl (C=O) groups is 3. The average molecular weight is 492 g/mol. The topological polar surface area (TPSA) is 105 Å². The Morgan fingerprint density at radius 2 is 1.57 bits per heavy atom. The Bertz CT molecular complexity index is 1060. The Kier molecular flexibility index (Phi) is 7.72. The molecule has 0 aliphatic heterocycles. The van der Waals surface area contributed by atoms with Gasteiger partial charge in [-0.15, -0.1) is 0 Å². The maximum absolute atomic E-state index is 13.0. The third-order valence-corrected chi connectivity index (χ3v) is 6.13. The molecule has 1 aliphatic rings. The summed E-state index contributed by atoms with van der Waals surface area (Å²) in [7, 11) is 0. The fraction of sp³-hybridized carbons (Fsp3) is 0.400. The number of halogens is 3. The molecule has 10 heteroatoms. The standard InChI is InChI=1S/C25H27F3N2O5/c1-15(8-7-13-21(31)30-24(2,22(32)33)25(26,27)28)29-23(34)35-14-20-18-11-5-3-9-16(18)17-10-4-6-12-19(17)20/h3-6,9-12,15,20H,7-8,13-14H2,1-2H3,(H,29,34)(H,30,31)(H,32,33). The molecule has 2 unspecified atom stereocenters. The number of hydrogen-bond donors (Lipinski definition) is 3.